The lowest BCUT2D eigenvalue weighted by molar-refractivity contribution is -0.387. The number of benzene rings is 1. The minimum atomic E-state index is -0.987. The first-order valence-corrected chi connectivity index (χ1v) is 5.74. The summed E-state index contributed by atoms with van der Waals surface area (Å²) in [6.45, 7) is 3.29. The average Bonchev–Trinajstić information content (AvgIpc) is 2.27. The Labute approximate surface area is 109 Å². The summed E-state index contributed by atoms with van der Waals surface area (Å²) >= 11 is 0. The van der Waals surface area contributed by atoms with Gasteiger partial charge in [0, 0.05) is 17.7 Å². The van der Waals surface area contributed by atoms with E-state index in [1.165, 1.54) is 6.07 Å². The first-order chi connectivity index (χ1) is 8.81. The predicted molar refractivity (Wildman–Crippen MR) is 66.3 cm³/mol. The molecule has 0 fully saturated rings. The molecule has 7 heteroatoms. The molecule has 19 heavy (non-hydrogen) atoms. The van der Waals surface area contributed by atoms with Gasteiger partial charge in [-0.15, -0.1) is 0 Å². The maximum absolute atomic E-state index is 13.1. The number of aliphatic hydroxyl groups is 1. The number of amides is 1. The molecular formula is C12H15FN2O4. The van der Waals surface area contributed by atoms with Crippen molar-refractivity contribution in [2.24, 2.45) is 0 Å². The van der Waals surface area contributed by atoms with Crippen molar-refractivity contribution in [1.29, 1.82) is 0 Å². The molecule has 1 aromatic rings. The van der Waals surface area contributed by atoms with E-state index < -0.39 is 28.4 Å². The standard InChI is InChI=1S/C12H15FN2O4/c1-7(5-8(2)16)14-12(17)9-3-4-10(13)11(6-9)15(18)19/h3-4,6-8,16H,5H2,1-2H3,(H,14,17). The summed E-state index contributed by atoms with van der Waals surface area (Å²) in [5.41, 5.74) is -0.735. The summed E-state index contributed by atoms with van der Waals surface area (Å²) in [4.78, 5) is 21.5. The Kier molecular flexibility index (Phi) is 4.94. The average molecular weight is 270 g/mol. The third kappa shape index (κ3) is 4.29. The van der Waals surface area contributed by atoms with Crippen LogP contribution in [0.2, 0.25) is 0 Å². The monoisotopic (exact) mass is 270 g/mol. The number of carbonyl (C=O) groups is 1. The second kappa shape index (κ2) is 6.24. The maximum Gasteiger partial charge on any atom is 0.305 e. The van der Waals surface area contributed by atoms with Crippen LogP contribution in [0.15, 0.2) is 18.2 Å². The van der Waals surface area contributed by atoms with Crippen LogP contribution in [-0.4, -0.2) is 28.1 Å². The lowest BCUT2D eigenvalue weighted by Crippen LogP contribution is -2.34. The van der Waals surface area contributed by atoms with E-state index in [1.807, 2.05) is 0 Å². The molecule has 1 amide bonds. The third-order valence-electron chi connectivity index (χ3n) is 2.48. The highest BCUT2D eigenvalue weighted by Crippen LogP contribution is 2.18. The SMILES string of the molecule is CC(O)CC(C)NC(=O)c1ccc(F)c([N+](=O)[O-])c1. The Morgan fingerprint density at radius 2 is 2.16 bits per heavy atom. The fourth-order valence-corrected chi connectivity index (χ4v) is 1.67. The molecule has 1 rings (SSSR count). The molecule has 0 bridgehead atoms. The number of nitrogens with zero attached hydrogens (tertiary/aromatic N) is 1. The zero-order chi connectivity index (χ0) is 14.6. The van der Waals surface area contributed by atoms with Gasteiger partial charge in [0.15, 0.2) is 0 Å². The maximum atomic E-state index is 13.1. The molecular weight excluding hydrogens is 255 g/mol. The highest BCUT2D eigenvalue weighted by molar-refractivity contribution is 5.95. The van der Waals surface area contributed by atoms with Gasteiger partial charge in [-0.25, -0.2) is 0 Å². The smallest absolute Gasteiger partial charge is 0.305 e. The number of hydrogen-bond acceptors (Lipinski definition) is 4. The highest BCUT2D eigenvalue weighted by atomic mass is 19.1. The van der Waals surface area contributed by atoms with Crippen molar-refractivity contribution in [1.82, 2.24) is 5.32 Å². The second-order valence-corrected chi connectivity index (χ2v) is 4.38. The summed E-state index contributed by atoms with van der Waals surface area (Å²) < 4.78 is 13.1. The van der Waals surface area contributed by atoms with E-state index in [4.69, 9.17) is 5.11 Å². The van der Waals surface area contributed by atoms with Gasteiger partial charge in [-0.3, -0.25) is 14.9 Å². The Balaban J connectivity index is 2.83. The number of nitro benzene ring substituents is 1. The van der Waals surface area contributed by atoms with Gasteiger partial charge >= 0.3 is 5.69 Å². The number of nitro groups is 1. The fraction of sp³-hybridized carbons (Fsp3) is 0.417. The highest BCUT2D eigenvalue weighted by Gasteiger charge is 2.18. The Hall–Kier alpha value is -2.02. The zero-order valence-corrected chi connectivity index (χ0v) is 10.6. The van der Waals surface area contributed by atoms with Crippen molar-refractivity contribution in [3.63, 3.8) is 0 Å². The van der Waals surface area contributed by atoms with Gasteiger partial charge in [0.1, 0.15) is 0 Å². The van der Waals surface area contributed by atoms with Gasteiger partial charge in [0.05, 0.1) is 11.0 Å². The van der Waals surface area contributed by atoms with E-state index in [0.29, 0.717) is 6.42 Å². The molecule has 0 spiro atoms. The van der Waals surface area contributed by atoms with E-state index in [1.54, 1.807) is 13.8 Å². The molecule has 104 valence electrons. The van der Waals surface area contributed by atoms with Crippen molar-refractivity contribution >= 4 is 11.6 Å². The number of rotatable bonds is 5. The molecule has 0 aliphatic carbocycles. The number of hydrogen-bond donors (Lipinski definition) is 2. The summed E-state index contributed by atoms with van der Waals surface area (Å²) in [7, 11) is 0. The molecule has 1 aromatic carbocycles. The van der Waals surface area contributed by atoms with E-state index in [2.05, 4.69) is 5.32 Å². The van der Waals surface area contributed by atoms with Gasteiger partial charge < -0.3 is 10.4 Å². The van der Waals surface area contributed by atoms with Gasteiger partial charge in [-0.2, -0.15) is 4.39 Å². The van der Waals surface area contributed by atoms with E-state index in [9.17, 15) is 19.3 Å². The molecule has 0 aromatic heterocycles. The van der Waals surface area contributed by atoms with Crippen LogP contribution in [0, 0.1) is 15.9 Å². The van der Waals surface area contributed by atoms with Gasteiger partial charge in [0.25, 0.3) is 5.91 Å². The van der Waals surface area contributed by atoms with Crippen LogP contribution in [-0.2, 0) is 0 Å². The molecule has 2 atom stereocenters. The van der Waals surface area contributed by atoms with E-state index >= 15 is 0 Å². The number of aliphatic hydroxyl groups excluding tert-OH is 1. The lowest BCUT2D eigenvalue weighted by Gasteiger charge is -2.15. The molecule has 2 unspecified atom stereocenters. The summed E-state index contributed by atoms with van der Waals surface area (Å²) in [6.07, 6.45) is -0.215. The number of carbonyl (C=O) groups excluding carboxylic acids is 1. The fourth-order valence-electron chi connectivity index (χ4n) is 1.67. The van der Waals surface area contributed by atoms with Crippen molar-refractivity contribution in [3.8, 4) is 0 Å². The molecule has 6 nitrogen and oxygen atoms in total. The number of nitrogens with one attached hydrogen (secondary N) is 1. The van der Waals surface area contributed by atoms with Crippen LogP contribution in [0.4, 0.5) is 10.1 Å². The second-order valence-electron chi connectivity index (χ2n) is 4.38. The molecule has 0 saturated carbocycles. The van der Waals surface area contributed by atoms with Crippen LogP contribution in [0.25, 0.3) is 0 Å². The van der Waals surface area contributed by atoms with Crippen LogP contribution >= 0.6 is 0 Å². The topological polar surface area (TPSA) is 92.5 Å². The van der Waals surface area contributed by atoms with Gasteiger partial charge in [-0.1, -0.05) is 0 Å². The van der Waals surface area contributed by atoms with Crippen LogP contribution in [0.5, 0.6) is 0 Å². The molecule has 0 aliphatic heterocycles. The quantitative estimate of drug-likeness (QED) is 0.628. The van der Waals surface area contributed by atoms with Crippen molar-refractivity contribution in [2.75, 3.05) is 0 Å². The van der Waals surface area contributed by atoms with Crippen LogP contribution in [0.1, 0.15) is 30.6 Å². The van der Waals surface area contributed by atoms with Crippen molar-refractivity contribution < 1.29 is 19.2 Å². The first kappa shape index (κ1) is 15.0. The lowest BCUT2D eigenvalue weighted by atomic mass is 10.1. The first-order valence-electron chi connectivity index (χ1n) is 5.74. The van der Waals surface area contributed by atoms with Crippen molar-refractivity contribution in [2.45, 2.75) is 32.4 Å². The third-order valence-corrected chi connectivity index (χ3v) is 2.48. The van der Waals surface area contributed by atoms with E-state index in [-0.39, 0.29) is 11.6 Å². The van der Waals surface area contributed by atoms with E-state index in [0.717, 1.165) is 12.1 Å². The minimum absolute atomic E-state index is 0.00513. The molecule has 2 N–H and O–H groups in total. The largest absolute Gasteiger partial charge is 0.393 e. The normalized spacial score (nSPS) is 13.7. The van der Waals surface area contributed by atoms with Gasteiger partial charge in [0.2, 0.25) is 5.82 Å². The molecule has 0 aliphatic rings. The Bertz CT molecular complexity index is 491. The number of halogens is 1. The van der Waals surface area contributed by atoms with Crippen LogP contribution < -0.4 is 5.32 Å². The molecule has 0 saturated heterocycles. The summed E-state index contributed by atoms with van der Waals surface area (Å²) in [5, 5.41) is 22.3. The Morgan fingerprint density at radius 1 is 1.53 bits per heavy atom. The summed E-state index contributed by atoms with van der Waals surface area (Å²) in [6, 6.07) is 2.65. The van der Waals surface area contributed by atoms with Gasteiger partial charge in [-0.05, 0) is 32.4 Å². The Morgan fingerprint density at radius 3 is 2.68 bits per heavy atom. The van der Waals surface area contributed by atoms with Crippen molar-refractivity contribution in [3.05, 3.63) is 39.7 Å². The minimum Gasteiger partial charge on any atom is -0.393 e. The zero-order valence-electron chi connectivity index (χ0n) is 10.6. The molecule has 0 radical (unpaired) electrons. The summed E-state index contributed by atoms with van der Waals surface area (Å²) in [5.74, 6) is -1.53. The van der Waals surface area contributed by atoms with Crippen LogP contribution in [0.3, 0.4) is 0 Å². The predicted octanol–water partition coefficient (Wildman–Crippen LogP) is 1.62. The molecule has 0 heterocycles.